The third kappa shape index (κ3) is 5.09. The molecule has 1 fully saturated rings. The zero-order valence-corrected chi connectivity index (χ0v) is 18.7. The Labute approximate surface area is 201 Å². The predicted molar refractivity (Wildman–Crippen MR) is 122 cm³/mol. The van der Waals surface area contributed by atoms with E-state index in [2.05, 4.69) is 29.9 Å². The molecule has 18 heteroatoms. The zero-order valence-electron chi connectivity index (χ0n) is 18.7. The van der Waals surface area contributed by atoms with Crippen LogP contribution in [0.4, 0.5) is 11.8 Å². The van der Waals surface area contributed by atoms with Crippen molar-refractivity contribution < 1.29 is 35.4 Å². The highest BCUT2D eigenvalue weighted by Crippen LogP contribution is 2.31. The molecule has 0 radical (unpaired) electrons. The highest BCUT2D eigenvalue weighted by atomic mass is 16.6. The lowest BCUT2D eigenvalue weighted by Gasteiger charge is -2.16. The van der Waals surface area contributed by atoms with Crippen molar-refractivity contribution in [2.75, 3.05) is 31.3 Å². The number of nitrogen functional groups attached to an aromatic ring is 2. The Morgan fingerprint density at radius 1 is 1.06 bits per heavy atom. The first-order valence-electron chi connectivity index (χ1n) is 10.3. The van der Waals surface area contributed by atoms with E-state index in [9.17, 15) is 15.0 Å². The molecule has 0 spiro atoms. The van der Waals surface area contributed by atoms with Crippen LogP contribution in [-0.4, -0.2) is 103 Å². The molecule has 196 valence electrons. The topological polar surface area (TPSA) is 290 Å². The number of anilines is 2. The Morgan fingerprint density at radius 3 is 2.50 bits per heavy atom. The SMILES string of the molecule is Nc1nc2c(ncn2COCCO)c(=O)[nH]1.Nc1ncnc2c1ncn2[C@@H]1O[C@H](CO)[C@@H](O)[C@@H]1O.O. The second kappa shape index (κ2) is 11.3. The third-order valence-corrected chi connectivity index (χ3v) is 5.14. The first-order valence-corrected chi connectivity index (χ1v) is 10.3. The number of hydrogen-bond donors (Lipinski definition) is 7. The van der Waals surface area contributed by atoms with Crippen LogP contribution in [0.3, 0.4) is 0 Å². The van der Waals surface area contributed by atoms with Gasteiger partial charge in [-0.25, -0.2) is 19.9 Å². The second-order valence-corrected chi connectivity index (χ2v) is 7.41. The van der Waals surface area contributed by atoms with Crippen LogP contribution in [-0.2, 0) is 16.2 Å². The minimum absolute atomic E-state index is 0. The van der Waals surface area contributed by atoms with E-state index >= 15 is 0 Å². The fourth-order valence-corrected chi connectivity index (χ4v) is 3.46. The van der Waals surface area contributed by atoms with Crippen molar-refractivity contribution in [2.24, 2.45) is 0 Å². The molecular weight excluding hydrogens is 484 g/mol. The van der Waals surface area contributed by atoms with E-state index < -0.39 is 31.1 Å². The van der Waals surface area contributed by atoms with Gasteiger partial charge < -0.3 is 46.8 Å². The maximum Gasteiger partial charge on any atom is 0.280 e. The van der Waals surface area contributed by atoms with Gasteiger partial charge >= 0.3 is 0 Å². The van der Waals surface area contributed by atoms with Crippen LogP contribution < -0.4 is 17.0 Å². The van der Waals surface area contributed by atoms with Gasteiger partial charge in [0.15, 0.2) is 28.9 Å². The third-order valence-electron chi connectivity index (χ3n) is 5.14. The van der Waals surface area contributed by atoms with Gasteiger partial charge in [-0.2, -0.15) is 4.98 Å². The maximum absolute atomic E-state index is 11.4. The number of aromatic nitrogens is 8. The molecule has 0 amide bonds. The molecule has 1 aliphatic heterocycles. The zero-order chi connectivity index (χ0) is 25.1. The van der Waals surface area contributed by atoms with Crippen molar-refractivity contribution in [1.82, 2.24) is 39.0 Å². The molecule has 0 bridgehead atoms. The number of H-pyrrole nitrogens is 1. The first-order chi connectivity index (χ1) is 16.8. The van der Waals surface area contributed by atoms with Crippen molar-refractivity contribution in [3.63, 3.8) is 0 Å². The van der Waals surface area contributed by atoms with E-state index in [1.807, 2.05) is 0 Å². The Bertz CT molecular complexity index is 1360. The summed E-state index contributed by atoms with van der Waals surface area (Å²) in [5, 5.41) is 37.3. The van der Waals surface area contributed by atoms with Gasteiger partial charge in [-0.15, -0.1) is 0 Å². The average molecular weight is 510 g/mol. The Kier molecular flexibility index (Phi) is 8.42. The van der Waals surface area contributed by atoms with Crippen molar-refractivity contribution in [3.8, 4) is 0 Å². The fraction of sp³-hybridized carbons (Fsp3) is 0.444. The van der Waals surface area contributed by atoms with Crippen molar-refractivity contribution in [2.45, 2.75) is 31.3 Å². The van der Waals surface area contributed by atoms with Gasteiger partial charge in [-0.1, -0.05) is 0 Å². The van der Waals surface area contributed by atoms with Crippen LogP contribution in [0.1, 0.15) is 6.23 Å². The number of aromatic amines is 1. The quantitative estimate of drug-likeness (QED) is 0.121. The number of rotatable bonds is 6. The van der Waals surface area contributed by atoms with Crippen molar-refractivity contribution in [3.05, 3.63) is 29.3 Å². The number of aliphatic hydroxyl groups excluding tert-OH is 4. The van der Waals surface area contributed by atoms with E-state index in [4.69, 9.17) is 31.2 Å². The number of aliphatic hydroxyl groups is 4. The summed E-state index contributed by atoms with van der Waals surface area (Å²) >= 11 is 0. The maximum atomic E-state index is 11.4. The number of hydrogen-bond acceptors (Lipinski definition) is 14. The van der Waals surface area contributed by atoms with Crippen LogP contribution in [0.15, 0.2) is 23.8 Å². The highest BCUT2D eigenvalue weighted by Gasteiger charge is 2.43. The summed E-state index contributed by atoms with van der Waals surface area (Å²) in [6.07, 6.45) is 0.0113. The average Bonchev–Trinajstić information content (AvgIpc) is 3.52. The molecule has 4 aromatic heterocycles. The predicted octanol–water partition coefficient (Wildman–Crippen LogP) is -4.14. The van der Waals surface area contributed by atoms with E-state index in [1.54, 1.807) is 0 Å². The molecule has 36 heavy (non-hydrogen) atoms. The van der Waals surface area contributed by atoms with Gasteiger partial charge in [0.2, 0.25) is 5.95 Å². The van der Waals surface area contributed by atoms with E-state index in [1.165, 1.54) is 28.1 Å². The van der Waals surface area contributed by atoms with E-state index in [0.29, 0.717) is 16.8 Å². The summed E-state index contributed by atoms with van der Waals surface area (Å²) in [7, 11) is 0. The van der Waals surface area contributed by atoms with Gasteiger partial charge in [0.25, 0.3) is 5.56 Å². The molecule has 0 aliphatic carbocycles. The lowest BCUT2D eigenvalue weighted by atomic mass is 10.1. The minimum atomic E-state index is -1.19. The highest BCUT2D eigenvalue weighted by molar-refractivity contribution is 5.81. The summed E-state index contributed by atoms with van der Waals surface area (Å²) < 4.78 is 13.5. The number of imidazole rings is 2. The summed E-state index contributed by atoms with van der Waals surface area (Å²) in [6.45, 7) is -0.0907. The van der Waals surface area contributed by atoms with Gasteiger partial charge in [0.1, 0.15) is 36.9 Å². The molecule has 1 saturated heterocycles. The lowest BCUT2D eigenvalue weighted by Crippen LogP contribution is -2.33. The molecular formula is C18H26N10O8. The molecule has 5 rings (SSSR count). The number of nitrogens with one attached hydrogen (secondary N) is 1. The first kappa shape index (κ1) is 26.8. The largest absolute Gasteiger partial charge is 0.412 e. The van der Waals surface area contributed by atoms with Crippen molar-refractivity contribution in [1.29, 1.82) is 0 Å². The summed E-state index contributed by atoms with van der Waals surface area (Å²) in [5.41, 5.74) is 12.0. The number of nitrogens with two attached hydrogens (primary N) is 2. The molecule has 5 heterocycles. The minimum Gasteiger partial charge on any atom is -0.412 e. The molecule has 4 atom stereocenters. The monoisotopic (exact) mass is 510 g/mol. The molecule has 0 unspecified atom stereocenters. The van der Waals surface area contributed by atoms with Crippen LogP contribution in [0.25, 0.3) is 22.3 Å². The molecule has 18 nitrogen and oxygen atoms in total. The standard InChI is InChI=1S/C10H13N5O4.C8H11N5O3.H2O/c11-8-5-9(13-2-12-8)15(3-14-5)10-7(18)6(17)4(1-16)19-10;9-8-11-6-5(7(15)12-8)10-3-13(6)4-16-2-1-14;/h2-4,6-7,10,16-18H,1H2,(H2,11,12,13);3,14H,1-2,4H2,(H3,9,11,12,15);1H2/t4-,6-,7+,10-;;/m1../s1. The number of nitrogens with zero attached hydrogens (tertiary/aromatic N) is 7. The molecule has 11 N–H and O–H groups in total. The van der Waals surface area contributed by atoms with Crippen LogP contribution in [0, 0.1) is 0 Å². The Hall–Kier alpha value is -3.78. The molecule has 0 saturated carbocycles. The lowest BCUT2D eigenvalue weighted by molar-refractivity contribution is -0.0511. The smallest absolute Gasteiger partial charge is 0.280 e. The number of fused-ring (bicyclic) bond motifs is 2. The van der Waals surface area contributed by atoms with Gasteiger partial charge in [0.05, 0.1) is 32.5 Å². The van der Waals surface area contributed by atoms with Crippen molar-refractivity contribution >= 4 is 34.1 Å². The molecule has 0 aromatic carbocycles. The summed E-state index contributed by atoms with van der Waals surface area (Å²) in [4.78, 5) is 33.5. The number of ether oxygens (including phenoxy) is 2. The van der Waals surface area contributed by atoms with E-state index in [0.717, 1.165) is 0 Å². The molecule has 1 aliphatic rings. The summed E-state index contributed by atoms with van der Waals surface area (Å²) in [6, 6.07) is 0. The van der Waals surface area contributed by atoms with Gasteiger partial charge in [-0.05, 0) is 0 Å². The Morgan fingerprint density at radius 2 is 1.81 bits per heavy atom. The van der Waals surface area contributed by atoms with Crippen LogP contribution in [0.5, 0.6) is 0 Å². The Balaban J connectivity index is 0.000000198. The van der Waals surface area contributed by atoms with Gasteiger partial charge in [0, 0.05) is 0 Å². The second-order valence-electron chi connectivity index (χ2n) is 7.41. The normalized spacial score (nSPS) is 21.3. The summed E-state index contributed by atoms with van der Waals surface area (Å²) in [5.74, 6) is 0.247. The van der Waals surface area contributed by atoms with E-state index in [-0.39, 0.29) is 48.3 Å². The van der Waals surface area contributed by atoms with Crippen LogP contribution in [0.2, 0.25) is 0 Å². The fourth-order valence-electron chi connectivity index (χ4n) is 3.46. The van der Waals surface area contributed by atoms with Gasteiger partial charge in [-0.3, -0.25) is 18.9 Å². The van der Waals surface area contributed by atoms with Crippen LogP contribution >= 0.6 is 0 Å². The molecule has 4 aromatic rings.